The normalized spacial score (nSPS) is 18.9. The number of carbonyl (C=O) groups is 1. The number of rotatable bonds is 3. The number of nitrogens with one attached hydrogen (secondary N) is 1. The van der Waals surface area contributed by atoms with Gasteiger partial charge in [0.1, 0.15) is 11.5 Å². The molecule has 1 aromatic heterocycles. The van der Waals surface area contributed by atoms with Crippen LogP contribution in [0.1, 0.15) is 23.3 Å². The molecule has 136 valence electrons. The lowest BCUT2D eigenvalue weighted by atomic mass is 10.0. The van der Waals surface area contributed by atoms with Gasteiger partial charge in [-0.1, -0.05) is 12.1 Å². The number of pyridine rings is 1. The number of piperidine rings is 1. The maximum absolute atomic E-state index is 13.6. The number of amides is 1. The number of carbonyl (C=O) groups excluding carboxylic acids is 1. The lowest BCUT2D eigenvalue weighted by Crippen LogP contribution is -2.45. The van der Waals surface area contributed by atoms with Crippen LogP contribution in [0.25, 0.3) is 0 Å². The van der Waals surface area contributed by atoms with Crippen molar-refractivity contribution in [3.8, 4) is 0 Å². The first-order chi connectivity index (χ1) is 12.7. The summed E-state index contributed by atoms with van der Waals surface area (Å²) in [4.78, 5) is 18.7. The van der Waals surface area contributed by atoms with Crippen LogP contribution in [-0.4, -0.2) is 43.0 Å². The molecule has 26 heavy (non-hydrogen) atoms. The van der Waals surface area contributed by atoms with Crippen molar-refractivity contribution in [3.63, 3.8) is 0 Å². The minimum absolute atomic E-state index is 0.140. The van der Waals surface area contributed by atoms with Crippen molar-refractivity contribution in [1.82, 2.24) is 4.98 Å². The Morgan fingerprint density at radius 1 is 1.12 bits per heavy atom. The zero-order valence-electron chi connectivity index (χ0n) is 14.3. The van der Waals surface area contributed by atoms with Gasteiger partial charge in [-0.2, -0.15) is 0 Å². The standard InChI is InChI=1S/C19H20FN3O3/c20-15-3-1-2-4-16(15)22-18(24)17-6-5-14(13-21-17)23-9-7-19(8-10-23)25-11-12-26-19/h1-6,13H,7-12H2,(H,22,24). The van der Waals surface area contributed by atoms with Crippen LogP contribution < -0.4 is 10.2 Å². The van der Waals surface area contributed by atoms with Crippen molar-refractivity contribution in [3.05, 3.63) is 54.1 Å². The van der Waals surface area contributed by atoms with Crippen molar-refractivity contribution < 1.29 is 18.7 Å². The molecule has 1 spiro atoms. The highest BCUT2D eigenvalue weighted by Crippen LogP contribution is 2.33. The van der Waals surface area contributed by atoms with Crippen LogP contribution in [0.5, 0.6) is 0 Å². The van der Waals surface area contributed by atoms with Gasteiger partial charge in [0.25, 0.3) is 5.91 Å². The topological polar surface area (TPSA) is 63.7 Å². The van der Waals surface area contributed by atoms with Crippen LogP contribution >= 0.6 is 0 Å². The van der Waals surface area contributed by atoms with Gasteiger partial charge in [-0.15, -0.1) is 0 Å². The SMILES string of the molecule is O=C(Nc1ccccc1F)c1ccc(N2CCC3(CC2)OCCO3)cn1. The third-order valence-corrected chi connectivity index (χ3v) is 4.81. The van der Waals surface area contributed by atoms with Crippen molar-refractivity contribution >= 4 is 17.3 Å². The summed E-state index contributed by atoms with van der Waals surface area (Å²) >= 11 is 0. The average Bonchev–Trinajstić information content (AvgIpc) is 3.12. The highest BCUT2D eigenvalue weighted by molar-refractivity contribution is 6.03. The van der Waals surface area contributed by atoms with Gasteiger partial charge in [0.15, 0.2) is 5.79 Å². The van der Waals surface area contributed by atoms with Crippen molar-refractivity contribution in [1.29, 1.82) is 0 Å². The Balaban J connectivity index is 1.39. The molecule has 2 saturated heterocycles. The highest BCUT2D eigenvalue weighted by Gasteiger charge is 2.39. The van der Waals surface area contributed by atoms with Crippen LogP contribution in [-0.2, 0) is 9.47 Å². The van der Waals surface area contributed by atoms with E-state index in [2.05, 4.69) is 15.2 Å². The Bertz CT molecular complexity index is 781. The lowest BCUT2D eigenvalue weighted by Gasteiger charge is -2.38. The van der Waals surface area contributed by atoms with Crippen LogP contribution in [0.2, 0.25) is 0 Å². The predicted octanol–water partition coefficient (Wildman–Crippen LogP) is 2.82. The molecule has 2 aromatic rings. The summed E-state index contributed by atoms with van der Waals surface area (Å²) in [7, 11) is 0. The van der Waals surface area contributed by atoms with Gasteiger partial charge < -0.3 is 19.7 Å². The number of benzene rings is 1. The molecule has 2 fully saturated rings. The van der Waals surface area contributed by atoms with Crippen molar-refractivity contribution in [2.24, 2.45) is 0 Å². The van der Waals surface area contributed by atoms with E-state index in [9.17, 15) is 9.18 Å². The minimum atomic E-state index is -0.476. The largest absolute Gasteiger partial charge is 0.370 e. The molecule has 0 radical (unpaired) electrons. The van der Waals surface area contributed by atoms with Gasteiger partial charge >= 0.3 is 0 Å². The first-order valence-electron chi connectivity index (χ1n) is 8.70. The summed E-state index contributed by atoms with van der Waals surface area (Å²) in [5, 5.41) is 2.54. The number of halogens is 1. The van der Waals surface area contributed by atoms with E-state index in [-0.39, 0.29) is 11.4 Å². The molecule has 0 aliphatic carbocycles. The van der Waals surface area contributed by atoms with E-state index in [1.165, 1.54) is 12.1 Å². The summed E-state index contributed by atoms with van der Waals surface area (Å²) in [6, 6.07) is 9.56. The molecule has 0 bridgehead atoms. The number of aromatic nitrogens is 1. The maximum Gasteiger partial charge on any atom is 0.274 e. The molecule has 1 N–H and O–H groups in total. The monoisotopic (exact) mass is 357 g/mol. The first kappa shape index (κ1) is 16.9. The van der Waals surface area contributed by atoms with Gasteiger partial charge in [-0.05, 0) is 24.3 Å². The molecule has 4 rings (SSSR count). The Hall–Kier alpha value is -2.51. The number of hydrogen-bond donors (Lipinski definition) is 1. The molecular weight excluding hydrogens is 337 g/mol. The van der Waals surface area contributed by atoms with Crippen molar-refractivity contribution in [2.45, 2.75) is 18.6 Å². The number of para-hydroxylation sites is 1. The zero-order chi connectivity index (χ0) is 18.0. The molecule has 6 nitrogen and oxygen atoms in total. The Morgan fingerprint density at radius 2 is 1.85 bits per heavy atom. The van der Waals surface area contributed by atoms with E-state index in [1.54, 1.807) is 24.4 Å². The number of ether oxygens (including phenoxy) is 2. The molecule has 0 atom stereocenters. The average molecular weight is 357 g/mol. The summed E-state index contributed by atoms with van der Waals surface area (Å²) in [5.41, 5.74) is 1.33. The quantitative estimate of drug-likeness (QED) is 0.915. The zero-order valence-corrected chi connectivity index (χ0v) is 14.3. The van der Waals surface area contributed by atoms with Crippen LogP contribution in [0, 0.1) is 5.82 Å². The van der Waals surface area contributed by atoms with E-state index >= 15 is 0 Å². The van der Waals surface area contributed by atoms with Gasteiger partial charge in [-0.25, -0.2) is 9.37 Å². The van der Waals surface area contributed by atoms with Gasteiger partial charge in [-0.3, -0.25) is 4.79 Å². The van der Waals surface area contributed by atoms with Gasteiger partial charge in [0, 0.05) is 25.9 Å². The van der Waals surface area contributed by atoms with E-state index in [0.717, 1.165) is 31.6 Å². The fraction of sp³-hybridized carbons (Fsp3) is 0.368. The summed E-state index contributed by atoms with van der Waals surface area (Å²) in [5.74, 6) is -1.33. The number of hydrogen-bond acceptors (Lipinski definition) is 5. The van der Waals surface area contributed by atoms with E-state index in [1.807, 2.05) is 6.07 Å². The van der Waals surface area contributed by atoms with E-state index in [4.69, 9.17) is 9.47 Å². The van der Waals surface area contributed by atoms with Crippen LogP contribution in [0.4, 0.5) is 15.8 Å². The Kier molecular flexibility index (Phi) is 4.57. The lowest BCUT2D eigenvalue weighted by molar-refractivity contribution is -0.169. The van der Waals surface area contributed by atoms with Gasteiger partial charge in [0.2, 0.25) is 0 Å². The predicted molar refractivity (Wildman–Crippen MR) is 94.7 cm³/mol. The fourth-order valence-electron chi connectivity index (χ4n) is 3.35. The molecule has 1 aromatic carbocycles. The second-order valence-corrected chi connectivity index (χ2v) is 6.43. The molecule has 1 amide bonds. The fourth-order valence-corrected chi connectivity index (χ4v) is 3.35. The molecule has 0 saturated carbocycles. The smallest absolute Gasteiger partial charge is 0.274 e. The molecule has 7 heteroatoms. The second kappa shape index (κ2) is 7.01. The second-order valence-electron chi connectivity index (χ2n) is 6.43. The first-order valence-corrected chi connectivity index (χ1v) is 8.70. The Labute approximate surface area is 150 Å². The minimum Gasteiger partial charge on any atom is -0.370 e. The molecule has 2 aliphatic heterocycles. The van der Waals surface area contributed by atoms with E-state index < -0.39 is 17.5 Å². The van der Waals surface area contributed by atoms with E-state index in [0.29, 0.717) is 13.2 Å². The summed E-state index contributed by atoms with van der Waals surface area (Å²) < 4.78 is 25.1. The molecular formula is C19H20FN3O3. The number of anilines is 2. The van der Waals surface area contributed by atoms with Crippen LogP contribution in [0.15, 0.2) is 42.6 Å². The molecule has 0 unspecified atom stereocenters. The third kappa shape index (κ3) is 3.40. The summed E-state index contributed by atoms with van der Waals surface area (Å²) in [6.07, 6.45) is 3.29. The third-order valence-electron chi connectivity index (χ3n) is 4.81. The van der Waals surface area contributed by atoms with Crippen molar-refractivity contribution in [2.75, 3.05) is 36.5 Å². The van der Waals surface area contributed by atoms with Gasteiger partial charge in [0.05, 0.1) is 30.8 Å². The highest BCUT2D eigenvalue weighted by atomic mass is 19.1. The summed E-state index contributed by atoms with van der Waals surface area (Å²) in [6.45, 7) is 2.94. The number of nitrogens with zero attached hydrogens (tertiary/aromatic N) is 2. The maximum atomic E-state index is 13.6. The Morgan fingerprint density at radius 3 is 2.50 bits per heavy atom. The molecule has 3 heterocycles. The van der Waals surface area contributed by atoms with Crippen LogP contribution in [0.3, 0.4) is 0 Å². The molecule has 2 aliphatic rings.